The summed E-state index contributed by atoms with van der Waals surface area (Å²) in [6.45, 7) is 3.18. The molecule has 3 rings (SSSR count). The fourth-order valence-corrected chi connectivity index (χ4v) is 4.80. The molecule has 1 N–H and O–H groups in total. The lowest BCUT2D eigenvalue weighted by molar-refractivity contribution is -0.917. The van der Waals surface area contributed by atoms with E-state index in [0.717, 1.165) is 25.4 Å². The van der Waals surface area contributed by atoms with Crippen molar-refractivity contribution in [1.29, 1.82) is 5.26 Å². The minimum absolute atomic E-state index is 0.0961. The van der Waals surface area contributed by atoms with Gasteiger partial charge in [-0.1, -0.05) is 24.3 Å². The minimum Gasteiger partial charge on any atom is -0.497 e. The van der Waals surface area contributed by atoms with Gasteiger partial charge in [-0.05, 0) is 24.3 Å². The molecule has 0 aromatic heterocycles. The van der Waals surface area contributed by atoms with Gasteiger partial charge in [0.25, 0.3) is 0 Å². The SMILES string of the molecule is COc1cccc(C[NH+]2CCN(S(=O)(=O)c3ccccc3C#N)CC2)c1. The molecule has 26 heavy (non-hydrogen) atoms. The molecule has 7 heteroatoms. The van der Waals surface area contributed by atoms with Gasteiger partial charge in [0.15, 0.2) is 0 Å². The molecule has 136 valence electrons. The highest BCUT2D eigenvalue weighted by Crippen LogP contribution is 2.19. The van der Waals surface area contributed by atoms with Gasteiger partial charge in [-0.25, -0.2) is 8.42 Å². The number of hydrogen-bond acceptors (Lipinski definition) is 4. The Morgan fingerprint density at radius 1 is 1.15 bits per heavy atom. The number of nitrogens with zero attached hydrogens (tertiary/aromatic N) is 2. The molecule has 1 heterocycles. The summed E-state index contributed by atoms with van der Waals surface area (Å²) in [5, 5.41) is 9.18. The first-order valence-corrected chi connectivity index (χ1v) is 9.94. The third-order valence-corrected chi connectivity index (χ3v) is 6.60. The predicted molar refractivity (Wildman–Crippen MR) is 97.3 cm³/mol. The molecule has 0 unspecified atom stereocenters. The molecule has 2 aromatic carbocycles. The summed E-state index contributed by atoms with van der Waals surface area (Å²) >= 11 is 0. The molecule has 6 nitrogen and oxygen atoms in total. The van der Waals surface area contributed by atoms with Gasteiger partial charge >= 0.3 is 0 Å². The van der Waals surface area contributed by atoms with E-state index >= 15 is 0 Å². The second-order valence-corrected chi connectivity index (χ2v) is 8.20. The highest BCUT2D eigenvalue weighted by atomic mass is 32.2. The molecular formula is C19H22N3O3S+. The van der Waals surface area contributed by atoms with Gasteiger partial charge in [0, 0.05) is 5.56 Å². The number of ether oxygens (including phenoxy) is 1. The molecule has 1 aliphatic heterocycles. The quantitative estimate of drug-likeness (QED) is 0.837. The lowest BCUT2D eigenvalue weighted by atomic mass is 10.2. The number of nitriles is 1. The summed E-state index contributed by atoms with van der Waals surface area (Å²) in [6.07, 6.45) is 0. The molecule has 0 amide bonds. The molecular weight excluding hydrogens is 350 g/mol. The Labute approximate surface area is 154 Å². The first-order chi connectivity index (χ1) is 12.5. The van der Waals surface area contributed by atoms with Crippen molar-refractivity contribution in [2.24, 2.45) is 0 Å². The topological polar surface area (TPSA) is 74.8 Å². The van der Waals surface area contributed by atoms with Crippen molar-refractivity contribution in [3.05, 3.63) is 59.7 Å². The van der Waals surface area contributed by atoms with Gasteiger partial charge in [0.1, 0.15) is 18.4 Å². The van der Waals surface area contributed by atoms with Crippen LogP contribution in [0.15, 0.2) is 53.4 Å². The van der Waals surface area contributed by atoms with Crippen LogP contribution in [0.4, 0.5) is 0 Å². The van der Waals surface area contributed by atoms with Crippen molar-refractivity contribution in [3.63, 3.8) is 0 Å². The largest absolute Gasteiger partial charge is 0.497 e. The number of hydrogen-bond donors (Lipinski definition) is 1. The lowest BCUT2D eigenvalue weighted by Crippen LogP contribution is -3.13. The molecule has 1 fully saturated rings. The van der Waals surface area contributed by atoms with Gasteiger partial charge in [-0.15, -0.1) is 0 Å². The number of quaternary nitrogens is 1. The van der Waals surface area contributed by atoms with Crippen molar-refractivity contribution >= 4 is 10.0 Å². The predicted octanol–water partition coefficient (Wildman–Crippen LogP) is 0.656. The van der Waals surface area contributed by atoms with Gasteiger partial charge in [0.05, 0.1) is 43.7 Å². The fraction of sp³-hybridized carbons (Fsp3) is 0.316. The summed E-state index contributed by atoms with van der Waals surface area (Å²) < 4.78 is 32.5. The van der Waals surface area contributed by atoms with E-state index in [2.05, 4.69) is 6.07 Å². The molecule has 0 bridgehead atoms. The van der Waals surface area contributed by atoms with E-state index < -0.39 is 10.0 Å². The number of benzene rings is 2. The molecule has 1 saturated heterocycles. The van der Waals surface area contributed by atoms with Crippen molar-refractivity contribution in [1.82, 2.24) is 4.31 Å². The Kier molecular flexibility index (Phi) is 5.57. The summed E-state index contributed by atoms with van der Waals surface area (Å²) in [6, 6.07) is 16.3. The molecule has 0 atom stereocenters. The van der Waals surface area contributed by atoms with Crippen molar-refractivity contribution < 1.29 is 18.1 Å². The van der Waals surface area contributed by atoms with Crippen LogP contribution >= 0.6 is 0 Å². The zero-order valence-electron chi connectivity index (χ0n) is 14.7. The number of sulfonamides is 1. The van der Waals surface area contributed by atoms with E-state index in [-0.39, 0.29) is 10.5 Å². The van der Waals surface area contributed by atoms with Crippen LogP contribution in [0.2, 0.25) is 0 Å². The number of rotatable bonds is 5. The molecule has 0 aliphatic carbocycles. The minimum atomic E-state index is -3.63. The van der Waals surface area contributed by atoms with Gasteiger partial charge < -0.3 is 9.64 Å². The molecule has 0 spiro atoms. The Hall–Kier alpha value is -2.40. The standard InChI is InChI=1S/C19H21N3O3S/c1-25-18-7-4-5-16(13-18)15-21-9-11-22(12-10-21)26(23,24)19-8-3-2-6-17(19)14-20/h2-8,13H,9-12,15H2,1H3/p+1. The zero-order chi connectivity index (χ0) is 18.6. The second kappa shape index (κ2) is 7.87. The third kappa shape index (κ3) is 3.88. The molecule has 0 radical (unpaired) electrons. The number of methoxy groups -OCH3 is 1. The highest BCUT2D eigenvalue weighted by Gasteiger charge is 2.31. The smallest absolute Gasteiger partial charge is 0.244 e. The summed E-state index contributed by atoms with van der Waals surface area (Å²) in [5.41, 5.74) is 1.36. The van der Waals surface area contributed by atoms with E-state index in [1.165, 1.54) is 26.9 Å². The maximum Gasteiger partial charge on any atom is 0.244 e. The average molecular weight is 372 g/mol. The van der Waals surface area contributed by atoms with Crippen molar-refractivity contribution in [3.8, 4) is 11.8 Å². The zero-order valence-corrected chi connectivity index (χ0v) is 15.5. The van der Waals surface area contributed by atoms with E-state index in [1.807, 2.05) is 24.3 Å². The number of nitrogens with one attached hydrogen (secondary N) is 1. The van der Waals surface area contributed by atoms with Crippen LogP contribution in [0.25, 0.3) is 0 Å². The van der Waals surface area contributed by atoms with E-state index in [9.17, 15) is 13.7 Å². The highest BCUT2D eigenvalue weighted by molar-refractivity contribution is 7.89. The second-order valence-electron chi connectivity index (χ2n) is 6.29. The Morgan fingerprint density at radius 2 is 1.88 bits per heavy atom. The Morgan fingerprint density at radius 3 is 2.58 bits per heavy atom. The van der Waals surface area contributed by atoms with Crippen LogP contribution in [0.5, 0.6) is 5.75 Å². The maximum absolute atomic E-state index is 12.9. The van der Waals surface area contributed by atoms with Crippen molar-refractivity contribution in [2.75, 3.05) is 33.3 Å². The summed E-state index contributed by atoms with van der Waals surface area (Å²) in [7, 11) is -1.99. The van der Waals surface area contributed by atoms with Crippen LogP contribution in [0, 0.1) is 11.3 Å². The first kappa shape index (κ1) is 18.4. The fourth-order valence-electron chi connectivity index (χ4n) is 3.21. The summed E-state index contributed by atoms with van der Waals surface area (Å²) in [4.78, 5) is 1.43. The monoisotopic (exact) mass is 372 g/mol. The van der Waals surface area contributed by atoms with E-state index in [0.29, 0.717) is 13.1 Å². The van der Waals surface area contributed by atoms with E-state index in [1.54, 1.807) is 19.2 Å². The lowest BCUT2D eigenvalue weighted by Gasteiger charge is -2.31. The third-order valence-electron chi connectivity index (χ3n) is 4.64. The summed E-state index contributed by atoms with van der Waals surface area (Å²) in [5.74, 6) is 0.830. The first-order valence-electron chi connectivity index (χ1n) is 8.50. The normalized spacial score (nSPS) is 16.2. The van der Waals surface area contributed by atoms with Gasteiger partial charge in [0.2, 0.25) is 10.0 Å². The number of piperazine rings is 1. The van der Waals surface area contributed by atoms with Crippen LogP contribution in [0.3, 0.4) is 0 Å². The maximum atomic E-state index is 12.9. The van der Waals surface area contributed by atoms with E-state index in [4.69, 9.17) is 4.74 Å². The Balaban J connectivity index is 1.67. The van der Waals surface area contributed by atoms with Crippen LogP contribution in [-0.2, 0) is 16.6 Å². The average Bonchev–Trinajstić information content (AvgIpc) is 2.68. The molecule has 1 aliphatic rings. The molecule has 0 saturated carbocycles. The van der Waals surface area contributed by atoms with Crippen LogP contribution in [-0.4, -0.2) is 46.0 Å². The van der Waals surface area contributed by atoms with Crippen molar-refractivity contribution in [2.45, 2.75) is 11.4 Å². The van der Waals surface area contributed by atoms with Gasteiger partial charge in [-0.3, -0.25) is 0 Å². The van der Waals surface area contributed by atoms with Crippen LogP contribution < -0.4 is 9.64 Å². The Bertz CT molecular complexity index is 914. The van der Waals surface area contributed by atoms with Gasteiger partial charge in [-0.2, -0.15) is 9.57 Å². The van der Waals surface area contributed by atoms with Crippen LogP contribution in [0.1, 0.15) is 11.1 Å². The molecule has 2 aromatic rings.